The summed E-state index contributed by atoms with van der Waals surface area (Å²) in [5.41, 5.74) is 6.59. The van der Waals surface area contributed by atoms with Crippen LogP contribution in [0.5, 0.6) is 0 Å². The number of carboxylic acid groups (broad SMARTS) is 1. The van der Waals surface area contributed by atoms with Crippen LogP contribution >= 0.6 is 12.2 Å². The first-order chi connectivity index (χ1) is 4.04. The average Bonchev–Trinajstić information content (AvgIpc) is 1.63. The van der Waals surface area contributed by atoms with Crippen molar-refractivity contribution in [3.63, 3.8) is 0 Å². The third-order valence-corrected chi connectivity index (χ3v) is 0.650. The molecule has 0 aromatic rings. The van der Waals surface area contributed by atoms with Gasteiger partial charge in [-0.2, -0.15) is 5.12 Å². The van der Waals surface area contributed by atoms with Gasteiger partial charge in [-0.15, -0.1) is 0 Å². The lowest BCUT2D eigenvalue weighted by atomic mass is 11.1. The predicted octanol–water partition coefficient (Wildman–Crippen LogP) is -1.41. The van der Waals surface area contributed by atoms with Crippen molar-refractivity contribution in [1.82, 2.24) is 10.5 Å². The van der Waals surface area contributed by atoms with Gasteiger partial charge in [0.2, 0.25) is 5.11 Å². The summed E-state index contributed by atoms with van der Waals surface area (Å²) in [5, 5.41) is 8.27. The van der Waals surface area contributed by atoms with Crippen molar-refractivity contribution >= 4 is 23.4 Å². The zero-order valence-electron chi connectivity index (χ0n) is 4.37. The number of nitrogens with one attached hydrogen (secondary N) is 1. The molecule has 0 heterocycles. The Labute approximate surface area is 56.3 Å². The van der Waals surface area contributed by atoms with Crippen LogP contribution in [0.3, 0.4) is 0 Å². The van der Waals surface area contributed by atoms with Crippen LogP contribution in [0.4, 0.5) is 4.79 Å². The quantitative estimate of drug-likeness (QED) is 0.192. The number of hydrogen-bond acceptors (Lipinski definition) is 3. The molecule has 0 rings (SSSR count). The molecule has 6 nitrogen and oxygen atoms in total. The van der Waals surface area contributed by atoms with Gasteiger partial charge >= 0.3 is 6.09 Å². The van der Waals surface area contributed by atoms with Gasteiger partial charge in [0.15, 0.2) is 0 Å². The summed E-state index contributed by atoms with van der Waals surface area (Å²) in [4.78, 5) is 9.77. The van der Waals surface area contributed by atoms with E-state index in [1.165, 1.54) is 0 Å². The second kappa shape index (κ2) is 3.05. The highest BCUT2D eigenvalue weighted by atomic mass is 32.1. The van der Waals surface area contributed by atoms with Gasteiger partial charge < -0.3 is 10.8 Å². The Morgan fingerprint density at radius 2 is 2.22 bits per heavy atom. The van der Waals surface area contributed by atoms with E-state index in [0.29, 0.717) is 5.12 Å². The molecule has 1 amide bonds. The maximum atomic E-state index is 9.77. The summed E-state index contributed by atoms with van der Waals surface area (Å²) < 4.78 is 0. The van der Waals surface area contributed by atoms with Crippen molar-refractivity contribution in [3.8, 4) is 0 Å². The minimum atomic E-state index is -1.31. The topological polar surface area (TPSA) is 105 Å². The summed E-state index contributed by atoms with van der Waals surface area (Å²) in [6.07, 6.45) is -1.31. The summed E-state index contributed by atoms with van der Waals surface area (Å²) in [7, 11) is 0. The van der Waals surface area contributed by atoms with Gasteiger partial charge in [-0.05, 0) is 12.2 Å². The fourth-order valence-corrected chi connectivity index (χ4v) is 0.204. The van der Waals surface area contributed by atoms with Gasteiger partial charge in [0, 0.05) is 0 Å². The van der Waals surface area contributed by atoms with Crippen LogP contribution in [0, 0.1) is 0 Å². The monoisotopic (exact) mass is 150 g/mol. The van der Waals surface area contributed by atoms with E-state index in [4.69, 9.17) is 16.7 Å². The summed E-state index contributed by atoms with van der Waals surface area (Å²) in [6.45, 7) is 0. The zero-order valence-corrected chi connectivity index (χ0v) is 5.18. The van der Waals surface area contributed by atoms with Gasteiger partial charge in [0.05, 0.1) is 0 Å². The number of nitrogens with zero attached hydrogens (tertiary/aromatic N) is 1. The SMILES string of the molecule is NC(=S)N(N)NC(=O)O. The molecule has 52 valence electrons. The molecule has 0 radical (unpaired) electrons. The Kier molecular flexibility index (Phi) is 2.68. The minimum absolute atomic E-state index is 0.239. The maximum Gasteiger partial charge on any atom is 0.424 e. The van der Waals surface area contributed by atoms with E-state index in [0.717, 1.165) is 0 Å². The summed E-state index contributed by atoms with van der Waals surface area (Å²) >= 11 is 4.29. The van der Waals surface area contributed by atoms with Crippen LogP contribution in [-0.4, -0.2) is 21.4 Å². The molecule has 9 heavy (non-hydrogen) atoms. The van der Waals surface area contributed by atoms with E-state index in [1.807, 2.05) is 0 Å². The normalized spacial score (nSPS) is 8.11. The molecule has 0 saturated heterocycles. The second-order valence-corrected chi connectivity index (χ2v) is 1.54. The molecule has 0 aliphatic carbocycles. The van der Waals surface area contributed by atoms with Gasteiger partial charge in [-0.1, -0.05) is 0 Å². The van der Waals surface area contributed by atoms with Crippen LogP contribution in [0.1, 0.15) is 0 Å². The van der Waals surface area contributed by atoms with E-state index in [2.05, 4.69) is 12.2 Å². The van der Waals surface area contributed by atoms with E-state index in [1.54, 1.807) is 5.43 Å². The van der Waals surface area contributed by atoms with Gasteiger partial charge in [0.25, 0.3) is 0 Å². The summed E-state index contributed by atoms with van der Waals surface area (Å²) in [6, 6.07) is 0. The molecule has 0 spiro atoms. The largest absolute Gasteiger partial charge is 0.464 e. The first-order valence-electron chi connectivity index (χ1n) is 1.88. The molecule has 0 bridgehead atoms. The molecular formula is C2H6N4O2S. The standard InChI is InChI=1S/C2H6N4O2S/c3-1(9)6(4)5-2(7)8/h5H,4H2,(H2,3,9)(H,7,8). The van der Waals surface area contributed by atoms with Crippen LogP contribution in [-0.2, 0) is 0 Å². The minimum Gasteiger partial charge on any atom is -0.464 e. The highest BCUT2D eigenvalue weighted by molar-refractivity contribution is 7.80. The number of hydrogen-bond donors (Lipinski definition) is 4. The van der Waals surface area contributed by atoms with E-state index >= 15 is 0 Å². The van der Waals surface area contributed by atoms with E-state index in [9.17, 15) is 4.79 Å². The van der Waals surface area contributed by atoms with Crippen LogP contribution < -0.4 is 17.0 Å². The second-order valence-electron chi connectivity index (χ2n) is 1.13. The Bertz CT molecular complexity index is 137. The highest BCUT2D eigenvalue weighted by Gasteiger charge is 2.01. The molecule has 0 unspecified atom stereocenters. The molecule has 7 heteroatoms. The molecule has 0 aromatic carbocycles. The first-order valence-corrected chi connectivity index (χ1v) is 2.28. The number of rotatable bonds is 0. The zero-order chi connectivity index (χ0) is 7.44. The lowest BCUT2D eigenvalue weighted by molar-refractivity contribution is 0.170. The van der Waals surface area contributed by atoms with Crippen LogP contribution in [0.15, 0.2) is 0 Å². The van der Waals surface area contributed by atoms with Crippen molar-refractivity contribution in [2.24, 2.45) is 11.6 Å². The maximum absolute atomic E-state index is 9.77. The van der Waals surface area contributed by atoms with Crippen molar-refractivity contribution in [2.45, 2.75) is 0 Å². The Hall–Kier alpha value is -1.08. The van der Waals surface area contributed by atoms with Crippen molar-refractivity contribution in [2.75, 3.05) is 0 Å². The van der Waals surface area contributed by atoms with Crippen molar-refractivity contribution in [1.29, 1.82) is 0 Å². The van der Waals surface area contributed by atoms with Crippen LogP contribution in [0.2, 0.25) is 0 Å². The van der Waals surface area contributed by atoms with E-state index < -0.39 is 6.09 Å². The van der Waals surface area contributed by atoms with Gasteiger partial charge in [0.1, 0.15) is 0 Å². The van der Waals surface area contributed by atoms with Gasteiger partial charge in [-0.25, -0.2) is 16.1 Å². The van der Waals surface area contributed by atoms with E-state index in [-0.39, 0.29) is 5.11 Å². The third kappa shape index (κ3) is 3.50. The molecule has 0 aliphatic heterocycles. The smallest absolute Gasteiger partial charge is 0.424 e. The van der Waals surface area contributed by atoms with Crippen molar-refractivity contribution in [3.05, 3.63) is 0 Å². The third-order valence-electron chi connectivity index (χ3n) is 0.454. The van der Waals surface area contributed by atoms with Crippen molar-refractivity contribution < 1.29 is 9.90 Å². The number of amides is 1. The van der Waals surface area contributed by atoms with Gasteiger partial charge in [-0.3, -0.25) is 0 Å². The Morgan fingerprint density at radius 3 is 2.33 bits per heavy atom. The highest BCUT2D eigenvalue weighted by Crippen LogP contribution is 1.68. The Balaban J connectivity index is 3.63. The molecule has 6 N–H and O–H groups in total. The Morgan fingerprint density at radius 1 is 1.78 bits per heavy atom. The van der Waals surface area contributed by atoms with Crippen LogP contribution in [0.25, 0.3) is 0 Å². The molecule has 0 saturated carbocycles. The number of nitrogens with two attached hydrogens (primary N) is 2. The molecule has 0 aliphatic rings. The predicted molar refractivity (Wildman–Crippen MR) is 34.0 cm³/mol. The fraction of sp³-hybridized carbons (Fsp3) is 0. The fourth-order valence-electron chi connectivity index (χ4n) is 0.158. The number of carbonyl (C=O) groups is 1. The number of hydrazine groups is 2. The molecule has 0 atom stereocenters. The molecule has 0 fully saturated rings. The number of thiocarbonyl (C=S) groups is 1. The lowest BCUT2D eigenvalue weighted by Gasteiger charge is -2.13. The summed E-state index contributed by atoms with van der Waals surface area (Å²) in [5.74, 6) is 4.89. The average molecular weight is 150 g/mol. The molecular weight excluding hydrogens is 144 g/mol. The lowest BCUT2D eigenvalue weighted by Crippen LogP contribution is -2.52. The molecule has 0 aromatic heterocycles. The first kappa shape index (κ1) is 7.92.